The fourth-order valence-corrected chi connectivity index (χ4v) is 3.68. The summed E-state index contributed by atoms with van der Waals surface area (Å²) in [5, 5.41) is 11.9. The zero-order valence-corrected chi connectivity index (χ0v) is 17.8. The number of nitrogens with zero attached hydrogens (tertiary/aromatic N) is 2. The molecule has 0 spiro atoms. The van der Waals surface area contributed by atoms with Gasteiger partial charge in [-0.1, -0.05) is 31.2 Å². The Balaban J connectivity index is 1.68. The Kier molecular flexibility index (Phi) is 5.93. The normalized spacial score (nSPS) is 12.4. The van der Waals surface area contributed by atoms with Gasteiger partial charge in [0.2, 0.25) is 5.88 Å². The number of para-hydroxylation sites is 1. The molecule has 2 aromatic heterocycles. The molecule has 0 aliphatic carbocycles. The van der Waals surface area contributed by atoms with Crippen LogP contribution in [-0.2, 0) is 6.42 Å². The van der Waals surface area contributed by atoms with E-state index >= 15 is 0 Å². The van der Waals surface area contributed by atoms with Gasteiger partial charge in [0.05, 0.1) is 18.8 Å². The summed E-state index contributed by atoms with van der Waals surface area (Å²) in [4.78, 5) is 34.9. The fraction of sp³-hybridized carbons (Fsp3) is 0.208. The number of hydrogen-bond donors (Lipinski definition) is 3. The summed E-state index contributed by atoms with van der Waals surface area (Å²) < 4.78 is 6.21. The largest absolute Gasteiger partial charge is 0.497 e. The first kappa shape index (κ1) is 21.2. The molecule has 0 saturated carbocycles. The number of H-pyrrole nitrogens is 2. The lowest BCUT2D eigenvalue weighted by atomic mass is 10.0. The highest BCUT2D eigenvalue weighted by molar-refractivity contribution is 5.84. The topological polar surface area (TPSA) is 112 Å². The maximum atomic E-state index is 12.4. The highest BCUT2D eigenvalue weighted by Crippen LogP contribution is 2.22. The quantitative estimate of drug-likeness (QED) is 0.389. The van der Waals surface area contributed by atoms with Gasteiger partial charge in [0.25, 0.3) is 5.56 Å². The number of methoxy groups -OCH3 is 1. The molecule has 0 fully saturated rings. The first-order valence-electron chi connectivity index (χ1n) is 10.3. The smallest absolute Gasteiger partial charge is 0.335 e. The molecule has 1 unspecified atom stereocenters. The summed E-state index contributed by atoms with van der Waals surface area (Å²) in [5.41, 5.74) is 1.03. The highest BCUT2D eigenvalue weighted by atomic mass is 16.5. The number of nitrogens with one attached hydrogen (secondary N) is 2. The maximum absolute atomic E-state index is 12.4. The van der Waals surface area contributed by atoms with Crippen LogP contribution in [-0.4, -0.2) is 39.0 Å². The van der Waals surface area contributed by atoms with Crippen molar-refractivity contribution in [2.75, 3.05) is 7.11 Å². The highest BCUT2D eigenvalue weighted by Gasteiger charge is 2.16. The second-order valence-electron chi connectivity index (χ2n) is 7.44. The maximum Gasteiger partial charge on any atom is 0.335 e. The number of hydrogen-bond acceptors (Lipinski definition) is 5. The molecule has 32 heavy (non-hydrogen) atoms. The lowest BCUT2D eigenvalue weighted by molar-refractivity contribution is 0.412. The van der Waals surface area contributed by atoms with E-state index in [0.29, 0.717) is 17.9 Å². The zero-order chi connectivity index (χ0) is 22.7. The Labute approximate surface area is 183 Å². The van der Waals surface area contributed by atoms with Gasteiger partial charge in [0.1, 0.15) is 11.3 Å². The van der Waals surface area contributed by atoms with Crippen LogP contribution in [0.25, 0.3) is 16.6 Å². The molecule has 8 nitrogen and oxygen atoms in total. The average Bonchev–Trinajstić information content (AvgIpc) is 3.20. The van der Waals surface area contributed by atoms with E-state index in [1.807, 2.05) is 31.3 Å². The van der Waals surface area contributed by atoms with E-state index in [9.17, 15) is 14.7 Å². The molecule has 0 aliphatic rings. The Morgan fingerprint density at radius 2 is 2.00 bits per heavy atom. The molecule has 0 radical (unpaired) electrons. The van der Waals surface area contributed by atoms with Gasteiger partial charge in [0.15, 0.2) is 0 Å². The first-order valence-corrected chi connectivity index (χ1v) is 10.3. The molecule has 2 heterocycles. The van der Waals surface area contributed by atoms with E-state index in [-0.39, 0.29) is 11.6 Å². The molecule has 0 saturated heterocycles. The Hall–Kier alpha value is -4.07. The van der Waals surface area contributed by atoms with Crippen molar-refractivity contribution in [2.24, 2.45) is 4.99 Å². The van der Waals surface area contributed by atoms with E-state index < -0.39 is 17.1 Å². The van der Waals surface area contributed by atoms with Crippen LogP contribution in [0.4, 0.5) is 0 Å². The number of fused-ring (bicyclic) bond motifs is 1. The number of benzene rings is 2. The van der Waals surface area contributed by atoms with Gasteiger partial charge in [-0.2, -0.15) is 0 Å². The predicted octanol–water partition coefficient (Wildman–Crippen LogP) is 3.16. The van der Waals surface area contributed by atoms with Crippen LogP contribution in [0.15, 0.2) is 69.3 Å². The molecule has 2 aromatic carbocycles. The van der Waals surface area contributed by atoms with Crippen molar-refractivity contribution >= 4 is 17.1 Å². The van der Waals surface area contributed by atoms with Crippen LogP contribution in [0.1, 0.15) is 24.5 Å². The summed E-state index contributed by atoms with van der Waals surface area (Å²) in [6.45, 7) is 2.01. The lowest BCUT2D eigenvalue weighted by Crippen LogP contribution is -2.31. The molecule has 3 N–H and O–H groups in total. The fourth-order valence-electron chi connectivity index (χ4n) is 3.68. The van der Waals surface area contributed by atoms with Crippen LogP contribution >= 0.6 is 0 Å². The molecule has 0 amide bonds. The van der Waals surface area contributed by atoms with Crippen molar-refractivity contribution < 1.29 is 9.84 Å². The van der Waals surface area contributed by atoms with Gasteiger partial charge in [0, 0.05) is 29.4 Å². The molecular weight excluding hydrogens is 408 g/mol. The SMILES string of the molecule is CCC(Cc1c[nH]c2ccccc12)N=Cc1c(O)n(-c2cccc(OC)c2)c(=O)[nH]c1=O. The van der Waals surface area contributed by atoms with Gasteiger partial charge in [-0.25, -0.2) is 9.36 Å². The van der Waals surface area contributed by atoms with Gasteiger partial charge >= 0.3 is 5.69 Å². The molecule has 4 aromatic rings. The van der Waals surface area contributed by atoms with E-state index in [1.54, 1.807) is 24.3 Å². The third kappa shape index (κ3) is 4.07. The average molecular weight is 432 g/mol. The summed E-state index contributed by atoms with van der Waals surface area (Å²) in [6, 6.07) is 14.6. The van der Waals surface area contributed by atoms with E-state index in [0.717, 1.165) is 27.5 Å². The van der Waals surface area contributed by atoms with Gasteiger partial charge < -0.3 is 14.8 Å². The molecule has 1 atom stereocenters. The van der Waals surface area contributed by atoms with Crippen molar-refractivity contribution in [3.63, 3.8) is 0 Å². The number of rotatable bonds is 7. The van der Waals surface area contributed by atoms with Crippen molar-refractivity contribution in [1.29, 1.82) is 0 Å². The zero-order valence-electron chi connectivity index (χ0n) is 17.8. The van der Waals surface area contributed by atoms with Crippen molar-refractivity contribution in [3.8, 4) is 17.3 Å². The summed E-state index contributed by atoms with van der Waals surface area (Å²) >= 11 is 0. The molecular formula is C24H24N4O4. The van der Waals surface area contributed by atoms with Gasteiger partial charge in [-0.05, 0) is 36.6 Å². The van der Waals surface area contributed by atoms with Crippen LogP contribution < -0.4 is 16.0 Å². The monoisotopic (exact) mass is 432 g/mol. The summed E-state index contributed by atoms with van der Waals surface area (Å²) in [7, 11) is 1.51. The number of aromatic nitrogens is 3. The van der Waals surface area contributed by atoms with Gasteiger partial charge in [-0.3, -0.25) is 14.8 Å². The summed E-state index contributed by atoms with van der Waals surface area (Å²) in [5.74, 6) is 0.0395. The third-order valence-corrected chi connectivity index (χ3v) is 5.45. The van der Waals surface area contributed by atoms with Crippen molar-refractivity contribution in [2.45, 2.75) is 25.8 Å². The predicted molar refractivity (Wildman–Crippen MR) is 125 cm³/mol. The van der Waals surface area contributed by atoms with E-state index in [1.165, 1.54) is 13.3 Å². The Morgan fingerprint density at radius 3 is 2.78 bits per heavy atom. The third-order valence-electron chi connectivity index (χ3n) is 5.45. The second kappa shape index (κ2) is 8.97. The molecule has 8 heteroatoms. The standard InChI is InChI=1S/C24H24N4O4/c1-3-16(11-15-13-26-21-10-5-4-9-19(15)21)25-14-20-22(29)27-24(31)28(23(20)30)17-7-6-8-18(12-17)32-2/h4-10,12-14,16,26,30H,3,11H2,1-2H3,(H,27,29,31). The molecule has 0 bridgehead atoms. The molecule has 0 aliphatic heterocycles. The van der Waals surface area contributed by atoms with E-state index in [2.05, 4.69) is 21.0 Å². The molecule has 4 rings (SSSR count). The Morgan fingerprint density at radius 1 is 1.19 bits per heavy atom. The van der Waals surface area contributed by atoms with Crippen LogP contribution in [0.3, 0.4) is 0 Å². The molecule has 164 valence electrons. The first-order chi connectivity index (χ1) is 15.5. The van der Waals surface area contributed by atoms with Crippen molar-refractivity contribution in [3.05, 3.63) is 86.7 Å². The van der Waals surface area contributed by atoms with Crippen LogP contribution in [0.2, 0.25) is 0 Å². The minimum absolute atomic E-state index is 0.0789. The lowest BCUT2D eigenvalue weighted by Gasteiger charge is -2.12. The second-order valence-corrected chi connectivity index (χ2v) is 7.44. The minimum Gasteiger partial charge on any atom is -0.497 e. The van der Waals surface area contributed by atoms with Gasteiger partial charge in [-0.15, -0.1) is 0 Å². The van der Waals surface area contributed by atoms with E-state index in [4.69, 9.17) is 4.74 Å². The summed E-state index contributed by atoms with van der Waals surface area (Å²) in [6.07, 6.45) is 4.72. The number of aliphatic imine (C=N–C) groups is 1. The van der Waals surface area contributed by atoms with Crippen molar-refractivity contribution in [1.82, 2.24) is 14.5 Å². The Bertz CT molecular complexity index is 1400. The number of ether oxygens (including phenoxy) is 1. The number of aromatic amines is 2. The van der Waals surface area contributed by atoms with Crippen LogP contribution in [0.5, 0.6) is 11.6 Å². The van der Waals surface area contributed by atoms with Crippen LogP contribution in [0, 0.1) is 0 Å². The minimum atomic E-state index is -0.747. The number of aromatic hydroxyl groups is 1.